The summed E-state index contributed by atoms with van der Waals surface area (Å²) in [4.78, 5) is 5.89. The molecular formula is C11H18FN3. The first-order valence-electron chi connectivity index (χ1n) is 5.18. The van der Waals surface area contributed by atoms with Crippen molar-refractivity contribution >= 4 is 5.82 Å². The van der Waals surface area contributed by atoms with Crippen LogP contribution >= 0.6 is 0 Å². The van der Waals surface area contributed by atoms with Gasteiger partial charge in [0, 0.05) is 31.4 Å². The summed E-state index contributed by atoms with van der Waals surface area (Å²) in [5, 5.41) is 0. The van der Waals surface area contributed by atoms with Gasteiger partial charge >= 0.3 is 0 Å². The number of hydrogen-bond donors (Lipinski definition) is 1. The Morgan fingerprint density at radius 1 is 1.60 bits per heavy atom. The molecule has 0 saturated carbocycles. The van der Waals surface area contributed by atoms with E-state index in [4.69, 9.17) is 5.73 Å². The highest BCUT2D eigenvalue weighted by atomic mass is 19.1. The van der Waals surface area contributed by atoms with Gasteiger partial charge in [0.15, 0.2) is 11.6 Å². The zero-order valence-electron chi connectivity index (χ0n) is 9.50. The standard InChI is InChI=1S/C11H18FN3/c1-4-8(2)15(3)11-10(12)9(7-13)5-6-14-11/h5-6,8H,4,7,13H2,1-3H3. The van der Waals surface area contributed by atoms with Crippen LogP contribution in [0.4, 0.5) is 10.2 Å². The lowest BCUT2D eigenvalue weighted by atomic mass is 10.2. The maximum Gasteiger partial charge on any atom is 0.170 e. The Morgan fingerprint density at radius 3 is 2.80 bits per heavy atom. The largest absolute Gasteiger partial charge is 0.355 e. The maximum absolute atomic E-state index is 13.8. The molecule has 1 rings (SSSR count). The minimum Gasteiger partial charge on any atom is -0.355 e. The van der Waals surface area contributed by atoms with Crippen LogP contribution in [0.5, 0.6) is 0 Å². The van der Waals surface area contributed by atoms with Crippen LogP contribution in [0.2, 0.25) is 0 Å². The molecule has 0 spiro atoms. The lowest BCUT2D eigenvalue weighted by Gasteiger charge is -2.25. The van der Waals surface area contributed by atoms with Crippen molar-refractivity contribution in [1.82, 2.24) is 4.98 Å². The molecule has 1 atom stereocenters. The van der Waals surface area contributed by atoms with E-state index in [0.29, 0.717) is 11.4 Å². The highest BCUT2D eigenvalue weighted by molar-refractivity contribution is 5.43. The van der Waals surface area contributed by atoms with E-state index in [1.165, 1.54) is 0 Å². The van der Waals surface area contributed by atoms with Gasteiger partial charge in [-0.25, -0.2) is 9.37 Å². The average molecular weight is 211 g/mol. The SMILES string of the molecule is CCC(C)N(C)c1nccc(CN)c1F. The predicted molar refractivity (Wildman–Crippen MR) is 60.2 cm³/mol. The van der Waals surface area contributed by atoms with Gasteiger partial charge in [-0.1, -0.05) is 6.92 Å². The zero-order chi connectivity index (χ0) is 11.4. The minimum absolute atomic E-state index is 0.204. The number of pyridine rings is 1. The van der Waals surface area contributed by atoms with Gasteiger partial charge in [-0.15, -0.1) is 0 Å². The third kappa shape index (κ3) is 2.45. The van der Waals surface area contributed by atoms with Crippen molar-refractivity contribution in [3.8, 4) is 0 Å². The predicted octanol–water partition coefficient (Wildman–Crippen LogP) is 1.91. The summed E-state index contributed by atoms with van der Waals surface area (Å²) >= 11 is 0. The van der Waals surface area contributed by atoms with Gasteiger partial charge in [0.05, 0.1) is 0 Å². The molecule has 0 aliphatic rings. The molecule has 2 N–H and O–H groups in total. The van der Waals surface area contributed by atoms with Crippen LogP contribution in [-0.2, 0) is 6.54 Å². The van der Waals surface area contributed by atoms with E-state index in [0.717, 1.165) is 6.42 Å². The molecule has 3 nitrogen and oxygen atoms in total. The van der Waals surface area contributed by atoms with E-state index in [9.17, 15) is 4.39 Å². The summed E-state index contributed by atoms with van der Waals surface area (Å²) < 4.78 is 13.8. The second-order valence-corrected chi connectivity index (χ2v) is 3.68. The normalized spacial score (nSPS) is 12.6. The zero-order valence-corrected chi connectivity index (χ0v) is 9.50. The van der Waals surface area contributed by atoms with Crippen molar-refractivity contribution in [2.75, 3.05) is 11.9 Å². The Kier molecular flexibility index (Phi) is 4.03. The molecule has 15 heavy (non-hydrogen) atoms. The molecular weight excluding hydrogens is 193 g/mol. The van der Waals surface area contributed by atoms with Crippen LogP contribution in [0.25, 0.3) is 0 Å². The summed E-state index contributed by atoms with van der Waals surface area (Å²) in [7, 11) is 1.85. The smallest absolute Gasteiger partial charge is 0.170 e. The Morgan fingerprint density at radius 2 is 2.27 bits per heavy atom. The molecule has 0 aliphatic carbocycles. The van der Waals surface area contributed by atoms with Crippen molar-refractivity contribution in [3.05, 3.63) is 23.6 Å². The average Bonchev–Trinajstić information content (AvgIpc) is 2.27. The molecule has 0 amide bonds. The van der Waals surface area contributed by atoms with E-state index < -0.39 is 0 Å². The molecule has 1 aromatic heterocycles. The van der Waals surface area contributed by atoms with Crippen LogP contribution in [0.1, 0.15) is 25.8 Å². The monoisotopic (exact) mass is 211 g/mol. The van der Waals surface area contributed by atoms with E-state index in [2.05, 4.69) is 11.9 Å². The maximum atomic E-state index is 13.8. The fourth-order valence-corrected chi connectivity index (χ4v) is 1.36. The van der Waals surface area contributed by atoms with Gasteiger partial charge in [-0.3, -0.25) is 0 Å². The number of aromatic nitrogens is 1. The van der Waals surface area contributed by atoms with Gasteiger partial charge in [0.1, 0.15) is 0 Å². The molecule has 1 aromatic rings. The quantitative estimate of drug-likeness (QED) is 0.827. The molecule has 0 aliphatic heterocycles. The highest BCUT2D eigenvalue weighted by Crippen LogP contribution is 2.20. The van der Waals surface area contributed by atoms with Gasteiger partial charge in [-0.2, -0.15) is 0 Å². The topological polar surface area (TPSA) is 42.2 Å². The van der Waals surface area contributed by atoms with Crippen molar-refractivity contribution in [3.63, 3.8) is 0 Å². The van der Waals surface area contributed by atoms with Gasteiger partial charge in [0.2, 0.25) is 0 Å². The van der Waals surface area contributed by atoms with Crippen LogP contribution in [-0.4, -0.2) is 18.1 Å². The molecule has 0 bridgehead atoms. The fraction of sp³-hybridized carbons (Fsp3) is 0.545. The first-order valence-corrected chi connectivity index (χ1v) is 5.18. The third-order valence-electron chi connectivity index (χ3n) is 2.76. The fourth-order valence-electron chi connectivity index (χ4n) is 1.36. The molecule has 0 fully saturated rings. The Labute approximate surface area is 90.1 Å². The van der Waals surface area contributed by atoms with Crippen molar-refractivity contribution < 1.29 is 4.39 Å². The Hall–Kier alpha value is -1.16. The lowest BCUT2D eigenvalue weighted by molar-refractivity contribution is 0.578. The molecule has 0 radical (unpaired) electrons. The number of anilines is 1. The number of nitrogens with zero attached hydrogens (tertiary/aromatic N) is 2. The van der Waals surface area contributed by atoms with Gasteiger partial charge in [-0.05, 0) is 19.4 Å². The molecule has 0 aromatic carbocycles. The highest BCUT2D eigenvalue weighted by Gasteiger charge is 2.15. The first-order chi connectivity index (χ1) is 7.11. The van der Waals surface area contributed by atoms with Crippen molar-refractivity contribution in [1.29, 1.82) is 0 Å². The summed E-state index contributed by atoms with van der Waals surface area (Å²) in [6.07, 6.45) is 2.55. The second-order valence-electron chi connectivity index (χ2n) is 3.68. The number of nitrogens with two attached hydrogens (primary N) is 1. The Bertz CT molecular complexity index is 328. The van der Waals surface area contributed by atoms with Crippen LogP contribution in [0.15, 0.2) is 12.3 Å². The minimum atomic E-state index is -0.303. The Balaban J connectivity index is 3.03. The summed E-state index contributed by atoms with van der Waals surface area (Å²) in [5.41, 5.74) is 5.95. The molecule has 84 valence electrons. The summed E-state index contributed by atoms with van der Waals surface area (Å²) in [6.45, 7) is 4.30. The van der Waals surface area contributed by atoms with Gasteiger partial charge in [0.25, 0.3) is 0 Å². The van der Waals surface area contributed by atoms with E-state index in [1.54, 1.807) is 12.3 Å². The van der Waals surface area contributed by atoms with Crippen molar-refractivity contribution in [2.24, 2.45) is 5.73 Å². The number of hydrogen-bond acceptors (Lipinski definition) is 3. The van der Waals surface area contributed by atoms with E-state index in [1.807, 2.05) is 18.9 Å². The van der Waals surface area contributed by atoms with Crippen LogP contribution in [0, 0.1) is 5.82 Å². The molecule has 1 heterocycles. The van der Waals surface area contributed by atoms with Gasteiger partial charge < -0.3 is 10.6 Å². The second kappa shape index (κ2) is 5.07. The van der Waals surface area contributed by atoms with Crippen molar-refractivity contribution in [2.45, 2.75) is 32.9 Å². The molecule has 4 heteroatoms. The van der Waals surface area contributed by atoms with Crippen LogP contribution in [0.3, 0.4) is 0 Å². The summed E-state index contributed by atoms with van der Waals surface area (Å²) in [5.74, 6) is 0.0788. The van der Waals surface area contributed by atoms with E-state index >= 15 is 0 Å². The number of halogens is 1. The number of rotatable bonds is 4. The molecule has 0 saturated heterocycles. The van der Waals surface area contributed by atoms with Crippen LogP contribution < -0.4 is 10.6 Å². The summed E-state index contributed by atoms with van der Waals surface area (Å²) in [6, 6.07) is 1.88. The van der Waals surface area contributed by atoms with E-state index in [-0.39, 0.29) is 18.4 Å². The third-order valence-corrected chi connectivity index (χ3v) is 2.76. The molecule has 1 unspecified atom stereocenters. The lowest BCUT2D eigenvalue weighted by Crippen LogP contribution is -2.30. The first kappa shape index (κ1) is 11.9.